The van der Waals surface area contributed by atoms with Crippen LogP contribution in [0.4, 0.5) is 0 Å². The maximum atomic E-state index is 11.3. The molecule has 2 N–H and O–H groups in total. The molecule has 0 aliphatic heterocycles. The van der Waals surface area contributed by atoms with Crippen LogP contribution in [0.3, 0.4) is 0 Å². The van der Waals surface area contributed by atoms with Gasteiger partial charge >= 0.3 is 5.97 Å². The van der Waals surface area contributed by atoms with Gasteiger partial charge < -0.3 is 10.4 Å². The lowest BCUT2D eigenvalue weighted by Crippen LogP contribution is -2.22. The van der Waals surface area contributed by atoms with E-state index in [1.807, 2.05) is 0 Å². The van der Waals surface area contributed by atoms with Crippen LogP contribution in [0, 0.1) is 6.92 Å². The average molecular weight is 295 g/mol. The predicted octanol–water partition coefficient (Wildman–Crippen LogP) is 1.59. The van der Waals surface area contributed by atoms with Crippen molar-refractivity contribution in [2.45, 2.75) is 37.6 Å². The second kappa shape index (κ2) is 6.21. The number of carboxylic acid groups (broad SMARTS) is 1. The third-order valence-corrected chi connectivity index (χ3v) is 3.92. The molecule has 1 fully saturated rings. The topological polar surface area (TPSA) is 92.2 Å². The van der Waals surface area contributed by atoms with Crippen molar-refractivity contribution in [2.75, 3.05) is 12.3 Å². The summed E-state index contributed by atoms with van der Waals surface area (Å²) in [5.41, 5.74) is 0.679. The second-order valence-corrected chi connectivity index (χ2v) is 5.84. The highest BCUT2D eigenvalue weighted by Crippen LogP contribution is 2.39. The van der Waals surface area contributed by atoms with Crippen molar-refractivity contribution >= 4 is 23.6 Å². The first kappa shape index (κ1) is 14.8. The number of thioether (sulfide) groups is 1. The first-order valence-electron chi connectivity index (χ1n) is 6.48. The van der Waals surface area contributed by atoms with E-state index in [1.165, 1.54) is 18.7 Å². The standard InChI is InChI=1S/C13H17N3O3S/c1-7-10(13(18)19)12(20-6-5-14-8(2)17)16-11(15-7)9-3-4-9/h9H,3-6H2,1-2H3,(H,14,17)(H,18,19). The first-order valence-corrected chi connectivity index (χ1v) is 7.46. The summed E-state index contributed by atoms with van der Waals surface area (Å²) in [7, 11) is 0. The molecule has 7 heteroatoms. The molecule has 0 atom stereocenters. The van der Waals surface area contributed by atoms with Crippen LogP contribution in [-0.4, -0.2) is 39.2 Å². The number of aryl methyl sites for hydroxylation is 1. The Balaban J connectivity index is 2.14. The molecule has 1 amide bonds. The Morgan fingerprint density at radius 1 is 1.40 bits per heavy atom. The molecule has 20 heavy (non-hydrogen) atoms. The lowest BCUT2D eigenvalue weighted by molar-refractivity contribution is -0.118. The van der Waals surface area contributed by atoms with Crippen molar-refractivity contribution in [1.29, 1.82) is 0 Å². The third kappa shape index (κ3) is 3.69. The van der Waals surface area contributed by atoms with E-state index in [0.29, 0.717) is 28.9 Å². The van der Waals surface area contributed by atoms with Crippen molar-refractivity contribution < 1.29 is 14.7 Å². The fourth-order valence-electron chi connectivity index (χ4n) is 1.82. The van der Waals surface area contributed by atoms with Crippen LogP contribution in [0.1, 0.15) is 47.6 Å². The summed E-state index contributed by atoms with van der Waals surface area (Å²) in [4.78, 5) is 30.8. The number of rotatable bonds is 6. The first-order chi connectivity index (χ1) is 9.49. The number of hydrogen-bond acceptors (Lipinski definition) is 5. The minimum absolute atomic E-state index is 0.0957. The summed E-state index contributed by atoms with van der Waals surface area (Å²) in [6.45, 7) is 3.64. The lowest BCUT2D eigenvalue weighted by Gasteiger charge is -2.10. The summed E-state index contributed by atoms with van der Waals surface area (Å²) in [5.74, 6) is 0.606. The maximum absolute atomic E-state index is 11.3. The average Bonchev–Trinajstić information content (AvgIpc) is 3.17. The molecule has 1 heterocycles. The van der Waals surface area contributed by atoms with Crippen molar-refractivity contribution in [3.05, 3.63) is 17.1 Å². The highest BCUT2D eigenvalue weighted by Gasteiger charge is 2.29. The Morgan fingerprint density at radius 2 is 2.10 bits per heavy atom. The highest BCUT2D eigenvalue weighted by atomic mass is 32.2. The lowest BCUT2D eigenvalue weighted by atomic mass is 10.2. The molecule has 1 aliphatic carbocycles. The number of nitrogens with zero attached hydrogens (tertiary/aromatic N) is 2. The second-order valence-electron chi connectivity index (χ2n) is 4.76. The SMILES string of the molecule is CC(=O)NCCSc1nc(C2CC2)nc(C)c1C(=O)O. The van der Waals surface area contributed by atoms with Gasteiger partial charge in [-0.25, -0.2) is 14.8 Å². The van der Waals surface area contributed by atoms with Crippen LogP contribution in [0.2, 0.25) is 0 Å². The van der Waals surface area contributed by atoms with Crippen LogP contribution in [0.25, 0.3) is 0 Å². The summed E-state index contributed by atoms with van der Waals surface area (Å²) < 4.78 is 0. The van der Waals surface area contributed by atoms with E-state index in [2.05, 4.69) is 15.3 Å². The van der Waals surface area contributed by atoms with E-state index in [4.69, 9.17) is 0 Å². The van der Waals surface area contributed by atoms with Crippen LogP contribution in [-0.2, 0) is 4.79 Å². The molecular formula is C13H17N3O3S. The number of hydrogen-bond donors (Lipinski definition) is 2. The molecule has 1 aromatic rings. The maximum Gasteiger partial charge on any atom is 0.340 e. The van der Waals surface area contributed by atoms with E-state index in [0.717, 1.165) is 18.7 Å². The Kier molecular flexibility index (Phi) is 4.59. The number of carboxylic acids is 1. The van der Waals surface area contributed by atoms with Crippen molar-refractivity contribution in [2.24, 2.45) is 0 Å². The quantitative estimate of drug-likeness (QED) is 0.470. The monoisotopic (exact) mass is 295 g/mol. The van der Waals surface area contributed by atoms with Crippen LogP contribution >= 0.6 is 11.8 Å². The van der Waals surface area contributed by atoms with E-state index in [-0.39, 0.29) is 11.5 Å². The predicted molar refractivity (Wildman–Crippen MR) is 75.1 cm³/mol. The molecule has 0 bridgehead atoms. The minimum Gasteiger partial charge on any atom is -0.478 e. The van der Waals surface area contributed by atoms with E-state index < -0.39 is 5.97 Å². The van der Waals surface area contributed by atoms with E-state index in [1.54, 1.807) is 6.92 Å². The zero-order chi connectivity index (χ0) is 14.7. The van der Waals surface area contributed by atoms with Crippen molar-refractivity contribution in [3.63, 3.8) is 0 Å². The van der Waals surface area contributed by atoms with Crippen LogP contribution in [0.5, 0.6) is 0 Å². The molecule has 0 saturated heterocycles. The van der Waals surface area contributed by atoms with Crippen LogP contribution < -0.4 is 5.32 Å². The molecule has 1 saturated carbocycles. The molecule has 0 aromatic carbocycles. The Morgan fingerprint density at radius 3 is 2.65 bits per heavy atom. The van der Waals surface area contributed by atoms with Gasteiger partial charge in [0.25, 0.3) is 0 Å². The van der Waals surface area contributed by atoms with Crippen LogP contribution in [0.15, 0.2) is 5.03 Å². The van der Waals surface area contributed by atoms with Gasteiger partial charge in [-0.1, -0.05) is 0 Å². The van der Waals surface area contributed by atoms with Crippen molar-refractivity contribution in [3.8, 4) is 0 Å². The number of nitrogens with one attached hydrogen (secondary N) is 1. The highest BCUT2D eigenvalue weighted by molar-refractivity contribution is 7.99. The van der Waals surface area contributed by atoms with Gasteiger partial charge in [-0.05, 0) is 19.8 Å². The number of carbonyl (C=O) groups is 2. The largest absolute Gasteiger partial charge is 0.478 e. The van der Waals surface area contributed by atoms with Gasteiger partial charge in [-0.2, -0.15) is 0 Å². The smallest absolute Gasteiger partial charge is 0.340 e. The third-order valence-electron chi connectivity index (χ3n) is 2.95. The molecular weight excluding hydrogens is 278 g/mol. The molecule has 1 aliphatic rings. The molecule has 0 radical (unpaired) electrons. The molecule has 2 rings (SSSR count). The van der Waals surface area contributed by atoms with E-state index >= 15 is 0 Å². The molecule has 0 spiro atoms. The van der Waals surface area contributed by atoms with Gasteiger partial charge in [0.15, 0.2) is 0 Å². The number of amides is 1. The summed E-state index contributed by atoms with van der Waals surface area (Å²) in [5, 5.41) is 12.4. The van der Waals surface area contributed by atoms with Crippen molar-refractivity contribution in [1.82, 2.24) is 15.3 Å². The molecule has 0 unspecified atom stereocenters. The molecule has 1 aromatic heterocycles. The number of aromatic carboxylic acids is 1. The van der Waals surface area contributed by atoms with E-state index in [9.17, 15) is 14.7 Å². The minimum atomic E-state index is -1.01. The van der Waals surface area contributed by atoms with Gasteiger partial charge in [-0.3, -0.25) is 4.79 Å². The fourth-order valence-corrected chi connectivity index (χ4v) is 2.75. The summed E-state index contributed by atoms with van der Waals surface area (Å²) in [6.07, 6.45) is 2.14. The fraction of sp³-hybridized carbons (Fsp3) is 0.538. The Hall–Kier alpha value is -1.63. The van der Waals surface area contributed by atoms with Gasteiger partial charge in [0.1, 0.15) is 16.4 Å². The number of aromatic nitrogens is 2. The Labute approximate surface area is 121 Å². The summed E-state index contributed by atoms with van der Waals surface area (Å²) in [6, 6.07) is 0. The van der Waals surface area contributed by atoms with Gasteiger partial charge in [0.2, 0.25) is 5.91 Å². The van der Waals surface area contributed by atoms with Gasteiger partial charge in [0, 0.05) is 25.1 Å². The Bertz CT molecular complexity index is 544. The van der Waals surface area contributed by atoms with Gasteiger partial charge in [-0.15, -0.1) is 11.8 Å². The molecule has 6 nitrogen and oxygen atoms in total. The zero-order valence-electron chi connectivity index (χ0n) is 11.5. The zero-order valence-corrected chi connectivity index (χ0v) is 12.3. The molecule has 108 valence electrons. The number of carbonyl (C=O) groups excluding carboxylic acids is 1. The van der Waals surface area contributed by atoms with Gasteiger partial charge in [0.05, 0.1) is 5.69 Å². The normalized spacial score (nSPS) is 14.1. The summed E-state index contributed by atoms with van der Waals surface area (Å²) >= 11 is 1.34.